The number of hydrogen-bond donors (Lipinski definition) is 2. The lowest BCUT2D eigenvalue weighted by Crippen LogP contribution is -2.44. The molecule has 0 bridgehead atoms. The zero-order valence-electron chi connectivity index (χ0n) is 21.2. The van der Waals surface area contributed by atoms with Crippen molar-refractivity contribution in [2.75, 3.05) is 34.0 Å². The molecule has 0 aliphatic carbocycles. The van der Waals surface area contributed by atoms with Crippen LogP contribution < -0.4 is 0 Å². The lowest BCUT2D eigenvalue weighted by molar-refractivity contribution is -0.250. The second-order valence-electron chi connectivity index (χ2n) is 8.77. The van der Waals surface area contributed by atoms with Crippen LogP contribution in [-0.4, -0.2) is 55.3 Å². The van der Waals surface area contributed by atoms with Crippen LogP contribution in [-0.2, 0) is 30.8 Å². The number of unbranched alkanes of at least 4 members (excludes halogenated alkanes) is 15. The Bertz CT molecular complexity index is 509. The van der Waals surface area contributed by atoms with E-state index in [9.17, 15) is 4.79 Å². The zero-order valence-corrected chi connectivity index (χ0v) is 22.9. The number of carbonyl (C=O) groups is 1. The van der Waals surface area contributed by atoms with E-state index in [1.807, 2.05) is 0 Å². The molecule has 0 aliphatic heterocycles. The minimum Gasteiger partial charge on any atom is -0.453 e. The summed E-state index contributed by atoms with van der Waals surface area (Å²) in [7, 11) is 2.81. The highest BCUT2D eigenvalue weighted by molar-refractivity contribution is 8.16. The first kappa shape index (κ1) is 32.9. The Labute approximate surface area is 207 Å². The third kappa shape index (κ3) is 18.9. The molecule has 0 spiro atoms. The third-order valence-electron chi connectivity index (χ3n) is 5.86. The predicted molar refractivity (Wildman–Crippen MR) is 137 cm³/mol. The maximum atomic E-state index is 11.5. The molecule has 0 atom stereocenters. The van der Waals surface area contributed by atoms with Gasteiger partial charge < -0.3 is 28.7 Å². The monoisotopic (exact) mass is 512 g/mol. The van der Waals surface area contributed by atoms with Crippen LogP contribution in [0.5, 0.6) is 0 Å². The van der Waals surface area contributed by atoms with Crippen LogP contribution in [0.4, 0.5) is 4.79 Å². The van der Waals surface area contributed by atoms with Crippen LogP contribution in [0.3, 0.4) is 0 Å². The van der Waals surface area contributed by atoms with Crippen molar-refractivity contribution in [3.05, 3.63) is 0 Å². The lowest BCUT2D eigenvalue weighted by atomic mass is 10.0. The molecule has 9 heteroatoms. The van der Waals surface area contributed by atoms with Gasteiger partial charge >= 0.3 is 5.71 Å². The Kier molecular flexibility index (Phi) is 21.2. The summed E-state index contributed by atoms with van der Waals surface area (Å²) >= 11 is 4.32. The molecule has 33 heavy (non-hydrogen) atoms. The van der Waals surface area contributed by atoms with E-state index in [0.717, 1.165) is 12.8 Å². The molecule has 0 saturated heterocycles. The number of carbonyl (C=O) groups excluding carboxylic acids is 1. The fourth-order valence-corrected chi connectivity index (χ4v) is 3.99. The molecule has 0 heterocycles. The molecule has 0 rings (SSSR count). The van der Waals surface area contributed by atoms with Gasteiger partial charge in [0.05, 0.1) is 0 Å². The molecule has 0 amide bonds. The summed E-state index contributed by atoms with van der Waals surface area (Å²) in [5, 5.41) is 0. The number of ether oxygens (including phenoxy) is 4. The smallest absolute Gasteiger partial charge is 0.390 e. The van der Waals surface area contributed by atoms with Crippen LogP contribution in [0.25, 0.3) is 0 Å². The molecule has 2 N–H and O–H groups in total. The molecule has 0 aromatic carbocycles. The average Bonchev–Trinajstić information content (AvgIpc) is 2.79. The summed E-state index contributed by atoms with van der Waals surface area (Å²) < 4.78 is 21.0. The molecule has 0 aromatic heterocycles. The lowest BCUT2D eigenvalue weighted by Gasteiger charge is -2.30. The molecular formula is C24H49O7PS. The molecule has 198 valence electrons. The minimum atomic E-state index is -4.11. The van der Waals surface area contributed by atoms with Gasteiger partial charge in [-0.15, -0.1) is 0 Å². The number of hydrogen-bond acceptors (Lipinski definition) is 6. The van der Waals surface area contributed by atoms with Gasteiger partial charge in [-0.1, -0.05) is 103 Å². The molecule has 0 unspecified atom stereocenters. The van der Waals surface area contributed by atoms with Gasteiger partial charge in [0.15, 0.2) is 0 Å². The van der Waals surface area contributed by atoms with Crippen molar-refractivity contribution in [1.82, 2.24) is 0 Å². The fourth-order valence-electron chi connectivity index (χ4n) is 3.60. The number of methoxy groups -OCH3 is 2. The normalized spacial score (nSPS) is 12.3. The van der Waals surface area contributed by atoms with E-state index in [1.165, 1.54) is 104 Å². The third-order valence-corrected chi connectivity index (χ3v) is 6.91. The van der Waals surface area contributed by atoms with E-state index in [0.29, 0.717) is 6.61 Å². The van der Waals surface area contributed by atoms with Crippen molar-refractivity contribution in [2.45, 2.75) is 115 Å². The standard InChI is InChI=1S/C24H49O7PS/c1-4-5-6-7-8-9-10-11-12-13-14-15-16-17-18-19-20-30-21-24(28-2,29-3)22-31-23(25)32(26,27)33/h4-22H2,1-3H3,(H2,26,27,33). The van der Waals surface area contributed by atoms with Gasteiger partial charge in [-0.3, -0.25) is 0 Å². The summed E-state index contributed by atoms with van der Waals surface area (Å²) in [5.74, 6) is -1.30. The zero-order chi connectivity index (χ0) is 24.8. The van der Waals surface area contributed by atoms with Crippen LogP contribution in [0.1, 0.15) is 110 Å². The largest absolute Gasteiger partial charge is 0.453 e. The van der Waals surface area contributed by atoms with Gasteiger partial charge in [0.2, 0.25) is 5.79 Å². The summed E-state index contributed by atoms with van der Waals surface area (Å²) in [4.78, 5) is 29.8. The van der Waals surface area contributed by atoms with E-state index >= 15 is 0 Å². The fraction of sp³-hybridized carbons (Fsp3) is 0.958. The molecule has 0 saturated carbocycles. The van der Waals surface area contributed by atoms with E-state index in [4.69, 9.17) is 28.7 Å². The van der Waals surface area contributed by atoms with Crippen molar-refractivity contribution in [2.24, 2.45) is 0 Å². The highest BCUT2D eigenvalue weighted by atomic mass is 32.5. The first-order valence-electron chi connectivity index (χ1n) is 12.7. The predicted octanol–water partition coefficient (Wildman–Crippen LogP) is 6.68. The Balaban J connectivity index is 3.59. The quantitative estimate of drug-likeness (QED) is 0.0840. The summed E-state index contributed by atoms with van der Waals surface area (Å²) in [6.07, 6.45) is 21.1. The van der Waals surface area contributed by atoms with E-state index < -0.39 is 18.0 Å². The average molecular weight is 513 g/mol. The van der Waals surface area contributed by atoms with Gasteiger partial charge in [-0.05, 0) is 18.2 Å². The second kappa shape index (κ2) is 21.2. The number of rotatable bonds is 24. The van der Waals surface area contributed by atoms with Crippen LogP contribution in [0, 0.1) is 0 Å². The van der Waals surface area contributed by atoms with Crippen molar-refractivity contribution in [3.63, 3.8) is 0 Å². The molecule has 7 nitrogen and oxygen atoms in total. The Morgan fingerprint density at radius 2 is 1.12 bits per heavy atom. The highest BCUT2D eigenvalue weighted by Gasteiger charge is 2.34. The highest BCUT2D eigenvalue weighted by Crippen LogP contribution is 2.37. The van der Waals surface area contributed by atoms with E-state index in [1.54, 1.807) is 0 Å². The van der Waals surface area contributed by atoms with E-state index in [-0.39, 0.29) is 13.2 Å². The van der Waals surface area contributed by atoms with Gasteiger partial charge in [0, 0.05) is 20.8 Å². The molecule has 0 radical (unpaired) electrons. The Hall–Kier alpha value is -0.0800. The minimum absolute atomic E-state index is 0.0613. The summed E-state index contributed by atoms with van der Waals surface area (Å²) in [6, 6.07) is 0. The SMILES string of the molecule is CCCCCCCCCCCCCCCCCCOCC(COC(=O)P(O)(O)=S)(OC)OC. The summed E-state index contributed by atoms with van der Waals surface area (Å²) in [6.45, 7) is -1.56. The van der Waals surface area contributed by atoms with Crippen molar-refractivity contribution >= 4 is 24.0 Å². The molecular weight excluding hydrogens is 463 g/mol. The van der Waals surface area contributed by atoms with Crippen molar-refractivity contribution in [3.8, 4) is 0 Å². The Morgan fingerprint density at radius 3 is 1.48 bits per heavy atom. The van der Waals surface area contributed by atoms with Crippen molar-refractivity contribution in [1.29, 1.82) is 0 Å². The van der Waals surface area contributed by atoms with Gasteiger partial charge in [-0.2, -0.15) is 0 Å². The molecule has 0 fully saturated rings. The second-order valence-corrected chi connectivity index (χ2v) is 11.8. The first-order chi connectivity index (χ1) is 15.8. The Morgan fingerprint density at radius 1 is 0.727 bits per heavy atom. The maximum Gasteiger partial charge on any atom is 0.390 e. The topological polar surface area (TPSA) is 94.5 Å². The van der Waals surface area contributed by atoms with Gasteiger partial charge in [0.25, 0.3) is 6.49 Å². The first-order valence-corrected chi connectivity index (χ1v) is 15.4. The van der Waals surface area contributed by atoms with Crippen molar-refractivity contribution < 1.29 is 33.5 Å². The molecule has 0 aliphatic rings. The molecule has 0 aromatic rings. The maximum absolute atomic E-state index is 11.5. The van der Waals surface area contributed by atoms with Crippen LogP contribution >= 0.6 is 6.49 Å². The van der Waals surface area contributed by atoms with E-state index in [2.05, 4.69) is 18.7 Å². The summed E-state index contributed by atoms with van der Waals surface area (Å²) in [5.41, 5.74) is -1.24. The van der Waals surface area contributed by atoms with Gasteiger partial charge in [-0.25, -0.2) is 4.79 Å². The van der Waals surface area contributed by atoms with Crippen LogP contribution in [0.15, 0.2) is 0 Å². The van der Waals surface area contributed by atoms with Gasteiger partial charge in [0.1, 0.15) is 13.2 Å². The van der Waals surface area contributed by atoms with Crippen LogP contribution in [0.2, 0.25) is 0 Å².